The number of rotatable bonds is 3. The van der Waals surface area contributed by atoms with Crippen LogP contribution in [0.3, 0.4) is 0 Å². The van der Waals surface area contributed by atoms with E-state index in [1.807, 2.05) is 0 Å². The quantitative estimate of drug-likeness (QED) is 0.856. The predicted molar refractivity (Wildman–Crippen MR) is 84.4 cm³/mol. The molecule has 2 aliphatic carbocycles. The number of nitrogens with one attached hydrogen (secondary N) is 1. The first kappa shape index (κ1) is 13.8. The van der Waals surface area contributed by atoms with E-state index in [1.54, 1.807) is 7.11 Å². The van der Waals surface area contributed by atoms with E-state index in [9.17, 15) is 0 Å². The minimum absolute atomic E-state index is 0.631. The molecule has 0 radical (unpaired) electrons. The van der Waals surface area contributed by atoms with Crippen molar-refractivity contribution in [2.75, 3.05) is 12.4 Å². The number of fused-ring (bicyclic) bond motifs is 1. The Morgan fingerprint density at radius 3 is 2.65 bits per heavy atom. The van der Waals surface area contributed by atoms with Gasteiger partial charge in [0, 0.05) is 6.04 Å². The van der Waals surface area contributed by atoms with Gasteiger partial charge in [0.2, 0.25) is 0 Å². The third-order valence-corrected chi connectivity index (χ3v) is 5.26. The molecule has 0 amide bonds. The molecule has 1 N–H and O–H groups in total. The van der Waals surface area contributed by atoms with Crippen LogP contribution in [0.2, 0.25) is 0 Å². The van der Waals surface area contributed by atoms with Crippen LogP contribution in [0.15, 0.2) is 18.2 Å². The molecule has 2 nitrogen and oxygen atoms in total. The zero-order valence-electron chi connectivity index (χ0n) is 12.8. The van der Waals surface area contributed by atoms with E-state index >= 15 is 0 Å². The summed E-state index contributed by atoms with van der Waals surface area (Å²) in [5.74, 6) is 2.96. The number of ether oxygens (including phenoxy) is 1. The maximum atomic E-state index is 5.51. The molecule has 0 aliphatic heterocycles. The molecule has 2 aliphatic rings. The lowest BCUT2D eigenvalue weighted by Gasteiger charge is -2.40. The van der Waals surface area contributed by atoms with Crippen LogP contribution in [0.4, 0.5) is 5.69 Å². The van der Waals surface area contributed by atoms with Gasteiger partial charge in [-0.2, -0.15) is 0 Å². The first-order chi connectivity index (χ1) is 9.76. The Bertz CT molecular complexity index is 457. The highest BCUT2D eigenvalue weighted by molar-refractivity contribution is 5.58. The summed E-state index contributed by atoms with van der Waals surface area (Å²) in [4.78, 5) is 0. The van der Waals surface area contributed by atoms with Gasteiger partial charge in [-0.25, -0.2) is 0 Å². The van der Waals surface area contributed by atoms with E-state index in [4.69, 9.17) is 4.74 Å². The number of aryl methyl sites for hydroxylation is 1. The van der Waals surface area contributed by atoms with Gasteiger partial charge in [-0.05, 0) is 55.7 Å². The summed E-state index contributed by atoms with van der Waals surface area (Å²) in [5.41, 5.74) is 2.42. The summed E-state index contributed by atoms with van der Waals surface area (Å²) in [5, 5.41) is 3.74. The summed E-state index contributed by atoms with van der Waals surface area (Å²) in [6, 6.07) is 7.08. The minimum Gasteiger partial charge on any atom is -0.495 e. The van der Waals surface area contributed by atoms with Gasteiger partial charge < -0.3 is 10.1 Å². The Morgan fingerprint density at radius 2 is 1.85 bits per heavy atom. The normalized spacial score (nSPS) is 29.6. The molecule has 20 heavy (non-hydrogen) atoms. The second-order valence-electron chi connectivity index (χ2n) is 6.66. The summed E-state index contributed by atoms with van der Waals surface area (Å²) < 4.78 is 5.51. The fourth-order valence-corrected chi connectivity index (χ4v) is 4.14. The van der Waals surface area contributed by atoms with Crippen LogP contribution in [0.25, 0.3) is 0 Å². The molecule has 2 fully saturated rings. The molecule has 0 bridgehead atoms. The van der Waals surface area contributed by atoms with Gasteiger partial charge in [0.05, 0.1) is 12.8 Å². The summed E-state index contributed by atoms with van der Waals surface area (Å²) in [6.07, 6.45) is 9.92. The monoisotopic (exact) mass is 273 g/mol. The molecular formula is C18H27NO. The predicted octanol–water partition coefficient (Wildman–Crippen LogP) is 4.77. The molecule has 2 heteroatoms. The van der Waals surface area contributed by atoms with Crippen molar-refractivity contribution < 1.29 is 4.74 Å². The maximum absolute atomic E-state index is 5.51. The fraction of sp³-hybridized carbons (Fsp3) is 0.667. The van der Waals surface area contributed by atoms with Gasteiger partial charge in [-0.15, -0.1) is 0 Å². The molecule has 3 atom stereocenters. The molecule has 0 aromatic heterocycles. The van der Waals surface area contributed by atoms with E-state index in [-0.39, 0.29) is 0 Å². The molecule has 0 heterocycles. The zero-order valence-corrected chi connectivity index (χ0v) is 12.8. The van der Waals surface area contributed by atoms with Crippen LogP contribution in [0.1, 0.15) is 50.5 Å². The molecule has 0 spiro atoms. The van der Waals surface area contributed by atoms with E-state index in [0.29, 0.717) is 6.04 Å². The van der Waals surface area contributed by atoms with E-state index < -0.39 is 0 Å². The summed E-state index contributed by atoms with van der Waals surface area (Å²) in [6.45, 7) is 2.11. The summed E-state index contributed by atoms with van der Waals surface area (Å²) in [7, 11) is 1.76. The van der Waals surface area contributed by atoms with E-state index in [1.165, 1.54) is 50.5 Å². The smallest absolute Gasteiger partial charge is 0.142 e. The fourth-order valence-electron chi connectivity index (χ4n) is 4.14. The topological polar surface area (TPSA) is 21.3 Å². The van der Waals surface area contributed by atoms with Gasteiger partial charge in [0.15, 0.2) is 0 Å². The molecular weight excluding hydrogens is 246 g/mol. The van der Waals surface area contributed by atoms with Crippen LogP contribution in [-0.2, 0) is 0 Å². The van der Waals surface area contributed by atoms with Gasteiger partial charge in [-0.1, -0.05) is 31.7 Å². The Balaban J connectivity index is 1.66. The molecule has 1 aromatic rings. The number of benzene rings is 1. The van der Waals surface area contributed by atoms with Crippen molar-refractivity contribution >= 4 is 5.69 Å². The molecule has 1 aromatic carbocycles. The summed E-state index contributed by atoms with van der Waals surface area (Å²) >= 11 is 0. The molecule has 110 valence electrons. The third-order valence-electron chi connectivity index (χ3n) is 5.26. The van der Waals surface area contributed by atoms with Crippen molar-refractivity contribution in [3.05, 3.63) is 23.8 Å². The highest BCUT2D eigenvalue weighted by Gasteiger charge is 2.32. The SMILES string of the molecule is COc1cc(C)ccc1NC1CCC2CCCCC2C1. The van der Waals surface area contributed by atoms with Crippen LogP contribution in [-0.4, -0.2) is 13.2 Å². The molecule has 3 unspecified atom stereocenters. The lowest BCUT2D eigenvalue weighted by Crippen LogP contribution is -2.34. The Labute approximate surface area is 122 Å². The van der Waals surface area contributed by atoms with Gasteiger partial charge in [-0.3, -0.25) is 0 Å². The Morgan fingerprint density at radius 1 is 1.05 bits per heavy atom. The van der Waals surface area contributed by atoms with Crippen molar-refractivity contribution in [3.63, 3.8) is 0 Å². The van der Waals surface area contributed by atoms with Gasteiger partial charge in [0.25, 0.3) is 0 Å². The zero-order chi connectivity index (χ0) is 13.9. The number of hydrogen-bond acceptors (Lipinski definition) is 2. The lowest BCUT2D eigenvalue weighted by atomic mass is 9.69. The standard InChI is InChI=1S/C18H27NO/c1-13-7-10-17(18(11-13)20-2)19-16-9-8-14-5-3-4-6-15(14)12-16/h7,10-11,14-16,19H,3-6,8-9,12H2,1-2H3. The average Bonchev–Trinajstić information content (AvgIpc) is 2.49. The van der Waals surface area contributed by atoms with Crippen molar-refractivity contribution in [2.45, 2.75) is 57.9 Å². The van der Waals surface area contributed by atoms with Crippen molar-refractivity contribution in [1.82, 2.24) is 0 Å². The largest absolute Gasteiger partial charge is 0.495 e. The van der Waals surface area contributed by atoms with Crippen molar-refractivity contribution in [2.24, 2.45) is 11.8 Å². The van der Waals surface area contributed by atoms with Crippen molar-refractivity contribution in [3.8, 4) is 5.75 Å². The van der Waals surface area contributed by atoms with Crippen molar-refractivity contribution in [1.29, 1.82) is 0 Å². The third kappa shape index (κ3) is 2.94. The average molecular weight is 273 g/mol. The number of anilines is 1. The lowest BCUT2D eigenvalue weighted by molar-refractivity contribution is 0.162. The first-order valence-electron chi connectivity index (χ1n) is 8.17. The second-order valence-corrected chi connectivity index (χ2v) is 6.66. The Hall–Kier alpha value is -1.18. The molecule has 0 saturated heterocycles. The van der Waals surface area contributed by atoms with E-state index in [2.05, 4.69) is 30.4 Å². The van der Waals surface area contributed by atoms with Crippen LogP contribution >= 0.6 is 0 Å². The van der Waals surface area contributed by atoms with Crippen LogP contribution in [0.5, 0.6) is 5.75 Å². The first-order valence-corrected chi connectivity index (χ1v) is 8.17. The second kappa shape index (κ2) is 6.07. The highest BCUT2D eigenvalue weighted by atomic mass is 16.5. The maximum Gasteiger partial charge on any atom is 0.142 e. The Kier molecular flexibility index (Phi) is 4.18. The number of methoxy groups -OCH3 is 1. The molecule has 2 saturated carbocycles. The number of hydrogen-bond donors (Lipinski definition) is 1. The van der Waals surface area contributed by atoms with Gasteiger partial charge >= 0.3 is 0 Å². The highest BCUT2D eigenvalue weighted by Crippen LogP contribution is 2.41. The molecule has 3 rings (SSSR count). The van der Waals surface area contributed by atoms with Crippen LogP contribution in [0, 0.1) is 18.8 Å². The van der Waals surface area contributed by atoms with Crippen LogP contribution < -0.4 is 10.1 Å². The minimum atomic E-state index is 0.631. The van der Waals surface area contributed by atoms with Gasteiger partial charge in [0.1, 0.15) is 5.75 Å². The van der Waals surface area contributed by atoms with E-state index in [0.717, 1.165) is 23.3 Å².